The third kappa shape index (κ3) is 3.23. The van der Waals surface area contributed by atoms with E-state index in [1.165, 1.54) is 19.2 Å². The lowest BCUT2D eigenvalue weighted by atomic mass is 10.0. The van der Waals surface area contributed by atoms with Crippen molar-refractivity contribution < 1.29 is 13.5 Å². The molecule has 0 heterocycles. The number of ether oxygens (including phenoxy) is 1. The van der Waals surface area contributed by atoms with Gasteiger partial charge in [0.05, 0.1) is 11.9 Å². The van der Waals surface area contributed by atoms with Crippen LogP contribution in [0.25, 0.3) is 0 Å². The van der Waals surface area contributed by atoms with Crippen molar-refractivity contribution in [3.8, 4) is 5.75 Å². The van der Waals surface area contributed by atoms with Crippen LogP contribution in [0.15, 0.2) is 39.3 Å². The summed E-state index contributed by atoms with van der Waals surface area (Å²) in [5, 5.41) is 0. The Kier molecular flexibility index (Phi) is 5.20. The molecule has 0 aliphatic heterocycles. The molecule has 0 aliphatic rings. The first-order chi connectivity index (χ1) is 9.43. The molecular weight excluding hydrogens is 462 g/mol. The highest BCUT2D eigenvalue weighted by atomic mass is 79.9. The Labute approximate surface area is 140 Å². The van der Waals surface area contributed by atoms with Gasteiger partial charge < -0.3 is 4.74 Å². The van der Waals surface area contributed by atoms with Gasteiger partial charge in [0, 0.05) is 20.1 Å². The Balaban J connectivity index is 2.57. The summed E-state index contributed by atoms with van der Waals surface area (Å²) in [6.45, 7) is 0. The molecule has 1 nitrogen and oxygen atoms in total. The van der Waals surface area contributed by atoms with Crippen molar-refractivity contribution in [3.05, 3.63) is 62.0 Å². The second-order valence-electron chi connectivity index (χ2n) is 4.03. The van der Waals surface area contributed by atoms with E-state index in [1.807, 2.05) is 0 Å². The molecule has 0 N–H and O–H groups in total. The van der Waals surface area contributed by atoms with E-state index in [2.05, 4.69) is 47.8 Å². The third-order valence-corrected chi connectivity index (χ3v) is 4.66. The number of benzene rings is 2. The first kappa shape index (κ1) is 15.9. The molecule has 1 atom stereocenters. The van der Waals surface area contributed by atoms with Crippen LogP contribution < -0.4 is 4.74 Å². The van der Waals surface area contributed by atoms with E-state index >= 15 is 0 Å². The molecule has 0 aromatic heterocycles. The molecule has 6 heteroatoms. The van der Waals surface area contributed by atoms with Crippen molar-refractivity contribution in [2.75, 3.05) is 7.11 Å². The van der Waals surface area contributed by atoms with Crippen molar-refractivity contribution in [2.45, 2.75) is 4.83 Å². The van der Waals surface area contributed by atoms with Gasteiger partial charge in [-0.15, -0.1) is 0 Å². The summed E-state index contributed by atoms with van der Waals surface area (Å²) >= 11 is 9.76. The van der Waals surface area contributed by atoms with E-state index in [-0.39, 0.29) is 5.56 Å². The van der Waals surface area contributed by atoms with Gasteiger partial charge in [0.2, 0.25) is 0 Å². The van der Waals surface area contributed by atoms with Crippen LogP contribution in [0.5, 0.6) is 5.75 Å². The smallest absolute Gasteiger partial charge is 0.131 e. The van der Waals surface area contributed by atoms with Crippen LogP contribution in [0.4, 0.5) is 8.78 Å². The summed E-state index contributed by atoms with van der Waals surface area (Å²) in [6.07, 6.45) is 0. The van der Waals surface area contributed by atoms with Crippen molar-refractivity contribution in [1.29, 1.82) is 0 Å². The maximum atomic E-state index is 14.0. The van der Waals surface area contributed by atoms with Crippen LogP contribution in [0.2, 0.25) is 0 Å². The van der Waals surface area contributed by atoms with E-state index in [1.54, 1.807) is 18.2 Å². The van der Waals surface area contributed by atoms with Gasteiger partial charge >= 0.3 is 0 Å². The highest BCUT2D eigenvalue weighted by molar-refractivity contribution is 9.10. The van der Waals surface area contributed by atoms with Crippen LogP contribution >= 0.6 is 47.8 Å². The molecular formula is C14H9Br3F2O. The van der Waals surface area contributed by atoms with Crippen molar-refractivity contribution in [3.63, 3.8) is 0 Å². The van der Waals surface area contributed by atoms with E-state index in [9.17, 15) is 8.78 Å². The molecule has 2 rings (SSSR count). The fraction of sp³-hybridized carbons (Fsp3) is 0.143. The lowest BCUT2D eigenvalue weighted by molar-refractivity contribution is 0.410. The topological polar surface area (TPSA) is 9.23 Å². The Morgan fingerprint density at radius 1 is 1.00 bits per heavy atom. The minimum atomic E-state index is -0.650. The molecule has 2 aromatic carbocycles. The zero-order valence-electron chi connectivity index (χ0n) is 10.3. The predicted octanol–water partition coefficient (Wildman–Crippen LogP) is 5.98. The normalized spacial score (nSPS) is 12.3. The van der Waals surface area contributed by atoms with E-state index in [0.717, 1.165) is 4.47 Å². The van der Waals surface area contributed by atoms with E-state index in [4.69, 9.17) is 4.74 Å². The maximum absolute atomic E-state index is 14.0. The average Bonchev–Trinajstić information content (AvgIpc) is 2.37. The molecule has 0 spiro atoms. The average molecular weight is 471 g/mol. The minimum Gasteiger partial charge on any atom is -0.496 e. The number of methoxy groups -OCH3 is 1. The lowest BCUT2D eigenvalue weighted by Crippen LogP contribution is -2.03. The maximum Gasteiger partial charge on any atom is 0.131 e. The number of rotatable bonds is 3. The van der Waals surface area contributed by atoms with Crippen molar-refractivity contribution in [2.24, 2.45) is 0 Å². The monoisotopic (exact) mass is 468 g/mol. The van der Waals surface area contributed by atoms with Gasteiger partial charge in [-0.1, -0.05) is 47.8 Å². The summed E-state index contributed by atoms with van der Waals surface area (Å²) in [5.41, 5.74) is 0.589. The third-order valence-electron chi connectivity index (χ3n) is 2.76. The molecule has 106 valence electrons. The van der Waals surface area contributed by atoms with Crippen LogP contribution in [0.1, 0.15) is 16.0 Å². The molecule has 0 radical (unpaired) electrons. The lowest BCUT2D eigenvalue weighted by Gasteiger charge is -2.16. The van der Waals surface area contributed by atoms with Gasteiger partial charge in [-0.3, -0.25) is 0 Å². The summed E-state index contributed by atoms with van der Waals surface area (Å²) in [4.78, 5) is -0.650. The predicted molar refractivity (Wildman–Crippen MR) is 85.5 cm³/mol. The van der Waals surface area contributed by atoms with Gasteiger partial charge in [0.1, 0.15) is 17.4 Å². The second kappa shape index (κ2) is 6.54. The zero-order valence-corrected chi connectivity index (χ0v) is 15.0. The Morgan fingerprint density at radius 3 is 2.15 bits per heavy atom. The highest BCUT2D eigenvalue weighted by Crippen LogP contribution is 2.40. The summed E-state index contributed by atoms with van der Waals surface area (Å²) in [5.74, 6) is -0.696. The standard InChI is InChI=1S/C14H9Br3F2O/c1-20-12-3-2-7(15)4-9(12)14(17)13-10(18)5-8(16)6-11(13)19/h2-6,14H,1H3. The highest BCUT2D eigenvalue weighted by Gasteiger charge is 2.23. The number of hydrogen-bond donors (Lipinski definition) is 0. The van der Waals surface area contributed by atoms with Crippen molar-refractivity contribution >= 4 is 47.8 Å². The quantitative estimate of drug-likeness (QED) is 0.501. The molecule has 0 amide bonds. The Bertz CT molecular complexity index is 623. The summed E-state index contributed by atoms with van der Waals surface area (Å²) in [6, 6.07) is 7.77. The van der Waals surface area contributed by atoms with Gasteiger partial charge in [0.25, 0.3) is 0 Å². The number of alkyl halides is 1. The number of halogens is 5. The van der Waals surface area contributed by atoms with Gasteiger partial charge in [-0.25, -0.2) is 8.78 Å². The molecule has 0 bridgehead atoms. The van der Waals surface area contributed by atoms with Crippen LogP contribution in [0.3, 0.4) is 0 Å². The molecule has 1 unspecified atom stereocenters. The molecule has 0 aliphatic carbocycles. The first-order valence-electron chi connectivity index (χ1n) is 5.56. The first-order valence-corrected chi connectivity index (χ1v) is 8.06. The minimum absolute atomic E-state index is 0.0513. The Hall–Kier alpha value is -0.460. The van der Waals surface area contributed by atoms with Gasteiger partial charge in [-0.2, -0.15) is 0 Å². The Morgan fingerprint density at radius 2 is 1.60 bits per heavy atom. The van der Waals surface area contributed by atoms with Gasteiger partial charge in [0.15, 0.2) is 0 Å². The zero-order chi connectivity index (χ0) is 14.9. The van der Waals surface area contributed by atoms with Crippen LogP contribution in [-0.2, 0) is 0 Å². The summed E-state index contributed by atoms with van der Waals surface area (Å²) < 4.78 is 34.5. The van der Waals surface area contributed by atoms with Crippen molar-refractivity contribution in [1.82, 2.24) is 0 Å². The molecule has 20 heavy (non-hydrogen) atoms. The molecule has 2 aromatic rings. The fourth-order valence-electron chi connectivity index (χ4n) is 1.85. The largest absolute Gasteiger partial charge is 0.496 e. The van der Waals surface area contributed by atoms with Crippen LogP contribution in [0, 0.1) is 11.6 Å². The van der Waals surface area contributed by atoms with Gasteiger partial charge in [-0.05, 0) is 30.3 Å². The SMILES string of the molecule is COc1ccc(Br)cc1C(Br)c1c(F)cc(Br)cc1F. The van der Waals surface area contributed by atoms with E-state index in [0.29, 0.717) is 15.8 Å². The second-order valence-corrected chi connectivity index (χ2v) is 6.78. The van der Waals surface area contributed by atoms with E-state index < -0.39 is 16.5 Å². The summed E-state index contributed by atoms with van der Waals surface area (Å²) in [7, 11) is 1.51. The number of hydrogen-bond acceptors (Lipinski definition) is 1. The fourth-order valence-corrected chi connectivity index (χ4v) is 3.43. The molecule has 0 fully saturated rings. The molecule has 0 saturated carbocycles. The molecule has 0 saturated heterocycles. The van der Waals surface area contributed by atoms with Crippen LogP contribution in [-0.4, -0.2) is 7.11 Å².